The smallest absolute Gasteiger partial charge is 0.113 e. The molecule has 1 aromatic heterocycles. The van der Waals surface area contributed by atoms with Crippen LogP contribution in [0.3, 0.4) is 0 Å². The van der Waals surface area contributed by atoms with Gasteiger partial charge in [-0.3, -0.25) is 0 Å². The first-order valence-electron chi connectivity index (χ1n) is 5.82. The van der Waals surface area contributed by atoms with Gasteiger partial charge in [-0.25, -0.2) is 0 Å². The minimum atomic E-state index is 0.0323. The number of furan rings is 1. The first-order chi connectivity index (χ1) is 8.68. The standard InChI is InChI=1S/C14H16ClNOS/c1-10(16)14(12-6-2-3-7-13(12)15)18-9-11-5-4-8-17-11/h2-8,10,14H,9,16H2,1H3. The van der Waals surface area contributed by atoms with Crippen molar-refractivity contribution in [2.45, 2.75) is 24.0 Å². The van der Waals surface area contributed by atoms with E-state index in [0.717, 1.165) is 22.1 Å². The Balaban J connectivity index is 2.11. The summed E-state index contributed by atoms with van der Waals surface area (Å²) >= 11 is 7.98. The van der Waals surface area contributed by atoms with Crippen LogP contribution in [0.2, 0.25) is 5.02 Å². The molecule has 4 heteroatoms. The molecule has 1 aromatic carbocycles. The van der Waals surface area contributed by atoms with Gasteiger partial charge in [0.25, 0.3) is 0 Å². The van der Waals surface area contributed by atoms with Gasteiger partial charge in [-0.15, -0.1) is 11.8 Å². The maximum absolute atomic E-state index is 6.23. The molecule has 0 bridgehead atoms. The number of hydrogen-bond donors (Lipinski definition) is 1. The van der Waals surface area contributed by atoms with Gasteiger partial charge in [-0.05, 0) is 30.7 Å². The maximum atomic E-state index is 6.23. The summed E-state index contributed by atoms with van der Waals surface area (Å²) in [7, 11) is 0. The van der Waals surface area contributed by atoms with Gasteiger partial charge in [0, 0.05) is 16.3 Å². The van der Waals surface area contributed by atoms with Crippen LogP contribution in [0.15, 0.2) is 47.1 Å². The maximum Gasteiger partial charge on any atom is 0.113 e. The lowest BCUT2D eigenvalue weighted by molar-refractivity contribution is 0.530. The molecule has 0 spiro atoms. The first kappa shape index (κ1) is 13.5. The van der Waals surface area contributed by atoms with Crippen LogP contribution >= 0.6 is 23.4 Å². The van der Waals surface area contributed by atoms with Crippen LogP contribution in [0.5, 0.6) is 0 Å². The lowest BCUT2D eigenvalue weighted by Crippen LogP contribution is -2.23. The van der Waals surface area contributed by atoms with Gasteiger partial charge < -0.3 is 10.2 Å². The second-order valence-corrected chi connectivity index (χ2v) is 5.73. The normalized spacial score (nSPS) is 14.4. The van der Waals surface area contributed by atoms with E-state index in [0.29, 0.717) is 0 Å². The fourth-order valence-electron chi connectivity index (χ4n) is 1.80. The van der Waals surface area contributed by atoms with E-state index in [-0.39, 0.29) is 11.3 Å². The summed E-state index contributed by atoms with van der Waals surface area (Å²) in [6.07, 6.45) is 1.69. The fraction of sp³-hybridized carbons (Fsp3) is 0.286. The van der Waals surface area contributed by atoms with Crippen molar-refractivity contribution in [1.29, 1.82) is 0 Å². The van der Waals surface area contributed by atoms with Crippen LogP contribution in [0.1, 0.15) is 23.5 Å². The second kappa shape index (κ2) is 6.32. The van der Waals surface area contributed by atoms with E-state index >= 15 is 0 Å². The molecule has 1 heterocycles. The highest BCUT2D eigenvalue weighted by Crippen LogP contribution is 2.37. The highest BCUT2D eigenvalue weighted by atomic mass is 35.5. The SMILES string of the molecule is CC(N)C(SCc1ccco1)c1ccccc1Cl. The zero-order valence-corrected chi connectivity index (χ0v) is 11.7. The minimum Gasteiger partial charge on any atom is -0.468 e. The van der Waals surface area contributed by atoms with Gasteiger partial charge in [0.2, 0.25) is 0 Å². The minimum absolute atomic E-state index is 0.0323. The largest absolute Gasteiger partial charge is 0.468 e. The van der Waals surface area contributed by atoms with Crippen molar-refractivity contribution in [1.82, 2.24) is 0 Å². The molecule has 2 nitrogen and oxygen atoms in total. The van der Waals surface area contributed by atoms with Gasteiger partial charge >= 0.3 is 0 Å². The van der Waals surface area contributed by atoms with Gasteiger partial charge in [0.05, 0.1) is 12.0 Å². The molecule has 2 rings (SSSR count). The summed E-state index contributed by atoms with van der Waals surface area (Å²) in [5.74, 6) is 1.75. The Kier molecular flexibility index (Phi) is 4.75. The van der Waals surface area contributed by atoms with Gasteiger partial charge in [0.15, 0.2) is 0 Å². The van der Waals surface area contributed by atoms with Gasteiger partial charge in [-0.2, -0.15) is 0 Å². The van der Waals surface area contributed by atoms with Crippen LogP contribution in [0.4, 0.5) is 0 Å². The number of benzene rings is 1. The third-order valence-electron chi connectivity index (χ3n) is 2.67. The molecule has 2 unspecified atom stereocenters. The Hall–Kier alpha value is -0.900. The third kappa shape index (κ3) is 3.31. The molecule has 0 aliphatic rings. The fourth-order valence-corrected chi connectivity index (χ4v) is 3.31. The van der Waals surface area contributed by atoms with Crippen LogP contribution < -0.4 is 5.73 Å². The van der Waals surface area contributed by atoms with Crippen molar-refractivity contribution in [3.05, 3.63) is 59.0 Å². The van der Waals surface area contributed by atoms with E-state index in [1.165, 1.54) is 0 Å². The van der Waals surface area contributed by atoms with Crippen molar-refractivity contribution >= 4 is 23.4 Å². The van der Waals surface area contributed by atoms with Crippen LogP contribution in [-0.2, 0) is 5.75 Å². The highest BCUT2D eigenvalue weighted by Gasteiger charge is 2.19. The number of halogens is 1. The summed E-state index contributed by atoms with van der Waals surface area (Å²) in [5.41, 5.74) is 7.16. The van der Waals surface area contributed by atoms with E-state index in [2.05, 4.69) is 0 Å². The average molecular weight is 282 g/mol. The van der Waals surface area contributed by atoms with E-state index in [9.17, 15) is 0 Å². The summed E-state index contributed by atoms with van der Waals surface area (Å²) in [4.78, 5) is 0. The predicted molar refractivity (Wildman–Crippen MR) is 77.8 cm³/mol. The van der Waals surface area contributed by atoms with Crippen LogP contribution in [-0.4, -0.2) is 6.04 Å². The van der Waals surface area contributed by atoms with E-state index in [4.69, 9.17) is 21.8 Å². The Morgan fingerprint density at radius 1 is 1.28 bits per heavy atom. The first-order valence-corrected chi connectivity index (χ1v) is 7.25. The molecule has 0 saturated heterocycles. The van der Waals surface area contributed by atoms with Crippen molar-refractivity contribution < 1.29 is 4.42 Å². The summed E-state index contributed by atoms with van der Waals surface area (Å²) in [5, 5.41) is 0.940. The molecule has 2 atom stereocenters. The molecule has 0 aliphatic heterocycles. The molecular formula is C14H16ClNOS. The number of hydrogen-bond acceptors (Lipinski definition) is 3. The zero-order valence-electron chi connectivity index (χ0n) is 10.2. The molecule has 0 radical (unpaired) electrons. The van der Waals surface area contributed by atoms with Gasteiger partial charge in [0.1, 0.15) is 5.76 Å². The predicted octanol–water partition coefficient (Wildman–Crippen LogP) is 4.25. The van der Waals surface area contributed by atoms with Gasteiger partial charge in [-0.1, -0.05) is 29.8 Å². The van der Waals surface area contributed by atoms with Crippen molar-refractivity contribution in [3.63, 3.8) is 0 Å². The summed E-state index contributed by atoms with van der Waals surface area (Å²) < 4.78 is 5.34. The zero-order chi connectivity index (χ0) is 13.0. The summed E-state index contributed by atoms with van der Waals surface area (Å²) in [6, 6.07) is 11.8. The van der Waals surface area contributed by atoms with Crippen molar-refractivity contribution in [3.8, 4) is 0 Å². The van der Waals surface area contributed by atoms with Crippen molar-refractivity contribution in [2.24, 2.45) is 5.73 Å². The molecule has 2 aromatic rings. The van der Waals surface area contributed by atoms with Crippen LogP contribution in [0.25, 0.3) is 0 Å². The number of rotatable bonds is 5. The Morgan fingerprint density at radius 3 is 2.67 bits per heavy atom. The molecule has 18 heavy (non-hydrogen) atoms. The molecule has 2 N–H and O–H groups in total. The van der Waals surface area contributed by atoms with E-state index in [1.807, 2.05) is 43.3 Å². The monoisotopic (exact) mass is 281 g/mol. The van der Waals surface area contributed by atoms with E-state index < -0.39 is 0 Å². The summed E-state index contributed by atoms with van der Waals surface area (Å²) in [6.45, 7) is 2.00. The molecular weight excluding hydrogens is 266 g/mol. The average Bonchev–Trinajstić information content (AvgIpc) is 2.84. The molecule has 0 aliphatic carbocycles. The lowest BCUT2D eigenvalue weighted by Gasteiger charge is -2.21. The lowest BCUT2D eigenvalue weighted by atomic mass is 10.1. The topological polar surface area (TPSA) is 39.2 Å². The highest BCUT2D eigenvalue weighted by molar-refractivity contribution is 7.98. The second-order valence-electron chi connectivity index (χ2n) is 4.19. The van der Waals surface area contributed by atoms with Crippen LogP contribution in [0, 0.1) is 0 Å². The quantitative estimate of drug-likeness (QED) is 0.890. The molecule has 0 fully saturated rings. The molecule has 0 saturated carbocycles. The Labute approximate surface area is 117 Å². The Morgan fingerprint density at radius 2 is 2.06 bits per heavy atom. The third-order valence-corrected chi connectivity index (χ3v) is 4.51. The number of nitrogens with two attached hydrogens (primary N) is 1. The van der Waals surface area contributed by atoms with Crippen molar-refractivity contribution in [2.75, 3.05) is 0 Å². The molecule has 0 amide bonds. The van der Waals surface area contributed by atoms with E-state index in [1.54, 1.807) is 18.0 Å². The Bertz CT molecular complexity index is 484. The number of thioether (sulfide) groups is 1. The molecule has 96 valence electrons.